The van der Waals surface area contributed by atoms with Crippen LogP contribution in [0.5, 0.6) is 5.75 Å². The number of rotatable bonds is 6. The van der Waals surface area contributed by atoms with Gasteiger partial charge in [-0.3, -0.25) is 10.1 Å². The van der Waals surface area contributed by atoms with Crippen molar-refractivity contribution in [2.75, 3.05) is 18.6 Å². The molecule has 0 bridgehead atoms. The summed E-state index contributed by atoms with van der Waals surface area (Å²) < 4.78 is 5.31. The molecular formula is C10H13NO4S. The van der Waals surface area contributed by atoms with E-state index >= 15 is 0 Å². The fraction of sp³-hybridized carbons (Fsp3) is 0.400. The minimum absolute atomic E-state index is 0.0710. The molecule has 1 aromatic rings. The Morgan fingerprint density at radius 1 is 1.56 bits per heavy atom. The van der Waals surface area contributed by atoms with E-state index in [0.29, 0.717) is 12.2 Å². The number of aliphatic hydroxyl groups excluding tert-OH is 1. The van der Waals surface area contributed by atoms with Gasteiger partial charge in [0.05, 0.1) is 18.1 Å². The monoisotopic (exact) mass is 243 g/mol. The molecule has 0 fully saturated rings. The molecule has 0 aliphatic rings. The van der Waals surface area contributed by atoms with Crippen LogP contribution in [-0.4, -0.2) is 28.6 Å². The van der Waals surface area contributed by atoms with Crippen LogP contribution in [0.1, 0.15) is 5.56 Å². The van der Waals surface area contributed by atoms with Crippen LogP contribution in [-0.2, 0) is 6.61 Å². The van der Waals surface area contributed by atoms with Crippen LogP contribution < -0.4 is 4.74 Å². The van der Waals surface area contributed by atoms with Crippen LogP contribution in [0, 0.1) is 10.1 Å². The van der Waals surface area contributed by atoms with Gasteiger partial charge < -0.3 is 9.84 Å². The predicted octanol–water partition coefficient (Wildman–Crippen LogP) is 1.83. The van der Waals surface area contributed by atoms with E-state index in [1.807, 2.05) is 6.26 Å². The van der Waals surface area contributed by atoms with Crippen LogP contribution in [0.2, 0.25) is 0 Å². The average molecular weight is 243 g/mol. The molecule has 0 spiro atoms. The Bertz CT molecular complexity index is 370. The molecule has 5 nitrogen and oxygen atoms in total. The summed E-state index contributed by atoms with van der Waals surface area (Å²) in [7, 11) is 0. The molecule has 6 heteroatoms. The molecule has 0 saturated carbocycles. The van der Waals surface area contributed by atoms with Gasteiger partial charge in [-0.25, -0.2) is 0 Å². The zero-order valence-corrected chi connectivity index (χ0v) is 9.70. The van der Waals surface area contributed by atoms with Crippen molar-refractivity contribution in [3.05, 3.63) is 33.9 Å². The molecule has 0 aliphatic heterocycles. The lowest BCUT2D eigenvalue weighted by molar-refractivity contribution is -0.385. The topological polar surface area (TPSA) is 72.6 Å². The molecule has 88 valence electrons. The number of hydrogen-bond donors (Lipinski definition) is 1. The Balaban J connectivity index is 2.87. The summed E-state index contributed by atoms with van der Waals surface area (Å²) in [6.07, 6.45) is 1.93. The highest BCUT2D eigenvalue weighted by molar-refractivity contribution is 7.98. The Hall–Kier alpha value is -1.27. The maximum Gasteiger partial charge on any atom is 0.310 e. The molecule has 0 aromatic heterocycles. The van der Waals surface area contributed by atoms with Crippen molar-refractivity contribution in [3.8, 4) is 5.75 Å². The van der Waals surface area contributed by atoms with E-state index in [0.717, 1.165) is 5.75 Å². The second-order valence-corrected chi connectivity index (χ2v) is 4.04. The third-order valence-electron chi connectivity index (χ3n) is 1.95. The first kappa shape index (κ1) is 12.8. The van der Waals surface area contributed by atoms with Gasteiger partial charge in [-0.15, -0.1) is 0 Å². The smallest absolute Gasteiger partial charge is 0.310 e. The first-order valence-electron chi connectivity index (χ1n) is 4.69. The molecule has 1 N–H and O–H groups in total. The van der Waals surface area contributed by atoms with Gasteiger partial charge in [-0.1, -0.05) is 0 Å². The summed E-state index contributed by atoms with van der Waals surface area (Å²) in [5.41, 5.74) is 0.531. The van der Waals surface area contributed by atoms with Crippen LogP contribution in [0.25, 0.3) is 0 Å². The first-order chi connectivity index (χ1) is 7.69. The minimum atomic E-state index is -0.490. The SMILES string of the molecule is CSCCOc1cc(CO)ccc1[N+](=O)[O-]. The highest BCUT2D eigenvalue weighted by Crippen LogP contribution is 2.28. The Morgan fingerprint density at radius 2 is 2.31 bits per heavy atom. The van der Waals surface area contributed by atoms with Crippen molar-refractivity contribution in [3.63, 3.8) is 0 Å². The van der Waals surface area contributed by atoms with E-state index in [-0.39, 0.29) is 18.0 Å². The van der Waals surface area contributed by atoms with E-state index in [1.165, 1.54) is 18.2 Å². The van der Waals surface area contributed by atoms with Crippen molar-refractivity contribution >= 4 is 17.4 Å². The molecule has 0 heterocycles. The van der Waals surface area contributed by atoms with E-state index in [1.54, 1.807) is 11.8 Å². The number of benzene rings is 1. The summed E-state index contributed by atoms with van der Waals surface area (Å²) in [5, 5.41) is 19.6. The van der Waals surface area contributed by atoms with Gasteiger partial charge in [0.1, 0.15) is 0 Å². The number of hydrogen-bond acceptors (Lipinski definition) is 5. The summed E-state index contributed by atoms with van der Waals surface area (Å²) >= 11 is 1.60. The van der Waals surface area contributed by atoms with Crippen LogP contribution >= 0.6 is 11.8 Å². The van der Waals surface area contributed by atoms with Crippen molar-refractivity contribution < 1.29 is 14.8 Å². The lowest BCUT2D eigenvalue weighted by atomic mass is 10.2. The molecule has 0 saturated heterocycles. The molecule has 0 amide bonds. The molecule has 1 rings (SSSR count). The summed E-state index contributed by atoms with van der Waals surface area (Å²) in [4.78, 5) is 10.2. The van der Waals surface area contributed by atoms with Crippen molar-refractivity contribution in [2.24, 2.45) is 0 Å². The number of nitro benzene ring substituents is 1. The first-order valence-corrected chi connectivity index (χ1v) is 6.08. The molecule has 0 unspecified atom stereocenters. The van der Waals surface area contributed by atoms with Gasteiger partial charge in [0, 0.05) is 11.8 Å². The number of nitro groups is 1. The van der Waals surface area contributed by atoms with E-state index < -0.39 is 4.92 Å². The fourth-order valence-corrected chi connectivity index (χ4v) is 1.41. The van der Waals surface area contributed by atoms with Gasteiger partial charge >= 0.3 is 5.69 Å². The molecule has 0 radical (unpaired) electrons. The third-order valence-corrected chi connectivity index (χ3v) is 2.52. The van der Waals surface area contributed by atoms with Gasteiger partial charge in [-0.2, -0.15) is 11.8 Å². The summed E-state index contributed by atoms with van der Waals surface area (Å²) in [6.45, 7) is 0.258. The second-order valence-electron chi connectivity index (χ2n) is 3.06. The quantitative estimate of drug-likeness (QED) is 0.469. The Kier molecular flexibility index (Phi) is 5.07. The average Bonchev–Trinajstić information content (AvgIpc) is 2.29. The molecule has 0 aliphatic carbocycles. The van der Waals surface area contributed by atoms with Crippen molar-refractivity contribution in [1.29, 1.82) is 0 Å². The Morgan fingerprint density at radius 3 is 2.88 bits per heavy atom. The van der Waals surface area contributed by atoms with Crippen molar-refractivity contribution in [1.82, 2.24) is 0 Å². The summed E-state index contributed by atoms with van der Waals surface area (Å²) in [5.74, 6) is 0.978. The standard InChI is InChI=1S/C10H13NO4S/c1-16-5-4-15-10-6-8(7-12)2-3-9(10)11(13)14/h2-3,6,12H,4-5,7H2,1H3. The van der Waals surface area contributed by atoms with Crippen LogP contribution in [0.4, 0.5) is 5.69 Å². The van der Waals surface area contributed by atoms with Crippen LogP contribution in [0.3, 0.4) is 0 Å². The number of thioether (sulfide) groups is 1. The fourth-order valence-electron chi connectivity index (χ4n) is 1.16. The van der Waals surface area contributed by atoms with Gasteiger partial charge in [0.15, 0.2) is 5.75 Å². The zero-order chi connectivity index (χ0) is 12.0. The minimum Gasteiger partial charge on any atom is -0.486 e. The number of nitrogens with zero attached hydrogens (tertiary/aromatic N) is 1. The molecule has 1 aromatic carbocycles. The maximum atomic E-state index is 10.7. The zero-order valence-electron chi connectivity index (χ0n) is 8.88. The van der Waals surface area contributed by atoms with Gasteiger partial charge in [0.2, 0.25) is 0 Å². The van der Waals surface area contributed by atoms with Crippen LogP contribution in [0.15, 0.2) is 18.2 Å². The number of aliphatic hydroxyl groups is 1. The predicted molar refractivity (Wildman–Crippen MR) is 62.9 cm³/mol. The lowest BCUT2D eigenvalue weighted by Crippen LogP contribution is -2.03. The Labute approximate surface area is 97.6 Å². The van der Waals surface area contributed by atoms with E-state index in [9.17, 15) is 10.1 Å². The van der Waals surface area contributed by atoms with E-state index in [2.05, 4.69) is 0 Å². The second kappa shape index (κ2) is 6.34. The molecule has 16 heavy (non-hydrogen) atoms. The highest BCUT2D eigenvalue weighted by atomic mass is 32.2. The largest absolute Gasteiger partial charge is 0.486 e. The molecular weight excluding hydrogens is 230 g/mol. The highest BCUT2D eigenvalue weighted by Gasteiger charge is 2.15. The lowest BCUT2D eigenvalue weighted by Gasteiger charge is -2.07. The maximum absolute atomic E-state index is 10.7. The van der Waals surface area contributed by atoms with Gasteiger partial charge in [-0.05, 0) is 24.0 Å². The normalized spacial score (nSPS) is 10.1. The summed E-state index contributed by atoms with van der Waals surface area (Å²) in [6, 6.07) is 4.36. The van der Waals surface area contributed by atoms with E-state index in [4.69, 9.17) is 9.84 Å². The molecule has 0 atom stereocenters. The third kappa shape index (κ3) is 3.39. The van der Waals surface area contributed by atoms with Crippen molar-refractivity contribution in [2.45, 2.75) is 6.61 Å². The van der Waals surface area contributed by atoms with Gasteiger partial charge in [0.25, 0.3) is 0 Å². The number of ether oxygens (including phenoxy) is 1.